The Kier molecular flexibility index (Phi) is 4.42. The molecule has 0 radical (unpaired) electrons. The van der Waals surface area contributed by atoms with Crippen molar-refractivity contribution < 1.29 is 9.53 Å². The molecule has 108 valence electrons. The molecular weight excluding hydrogens is 252 g/mol. The lowest BCUT2D eigenvalue weighted by molar-refractivity contribution is -0.147. The quantitative estimate of drug-likeness (QED) is 0.783. The standard InChI is InChI=1S/C16H22N2O2/c1-5-7-14(16(19)20-6-2)18-10-17-13-8-11(3)12(4)9-15(13)18/h8-10,14H,5-7H2,1-4H3. The molecule has 0 bridgehead atoms. The molecule has 1 atom stereocenters. The first-order valence-electron chi connectivity index (χ1n) is 7.18. The summed E-state index contributed by atoms with van der Waals surface area (Å²) in [6.07, 6.45) is 3.44. The molecule has 0 saturated heterocycles. The van der Waals surface area contributed by atoms with Crippen LogP contribution in [-0.2, 0) is 9.53 Å². The number of carbonyl (C=O) groups excluding carboxylic acids is 1. The lowest BCUT2D eigenvalue weighted by atomic mass is 10.1. The molecule has 0 spiro atoms. The molecule has 0 amide bonds. The minimum absolute atomic E-state index is 0.174. The molecule has 0 fully saturated rings. The van der Waals surface area contributed by atoms with Gasteiger partial charge in [-0.2, -0.15) is 0 Å². The van der Waals surface area contributed by atoms with Crippen molar-refractivity contribution in [2.75, 3.05) is 6.61 Å². The van der Waals surface area contributed by atoms with E-state index in [1.807, 2.05) is 11.5 Å². The van der Waals surface area contributed by atoms with Crippen molar-refractivity contribution in [2.45, 2.75) is 46.6 Å². The van der Waals surface area contributed by atoms with Crippen LogP contribution in [0.5, 0.6) is 0 Å². The molecule has 2 aromatic rings. The van der Waals surface area contributed by atoms with Crippen LogP contribution >= 0.6 is 0 Å². The maximum atomic E-state index is 12.2. The van der Waals surface area contributed by atoms with Crippen LogP contribution in [0.15, 0.2) is 18.5 Å². The molecule has 0 saturated carbocycles. The number of aromatic nitrogens is 2. The Morgan fingerprint density at radius 2 is 2.00 bits per heavy atom. The van der Waals surface area contributed by atoms with Crippen molar-refractivity contribution >= 4 is 17.0 Å². The summed E-state index contributed by atoms with van der Waals surface area (Å²) in [6.45, 7) is 8.46. The number of esters is 1. The second-order valence-corrected chi connectivity index (χ2v) is 5.13. The third-order valence-corrected chi connectivity index (χ3v) is 3.65. The van der Waals surface area contributed by atoms with E-state index in [4.69, 9.17) is 4.74 Å². The number of hydrogen-bond acceptors (Lipinski definition) is 3. The SMILES string of the molecule is CCCC(C(=O)OCC)n1cnc2cc(C)c(C)cc21. The van der Waals surface area contributed by atoms with E-state index in [9.17, 15) is 4.79 Å². The summed E-state index contributed by atoms with van der Waals surface area (Å²) in [5.41, 5.74) is 4.35. The van der Waals surface area contributed by atoms with Gasteiger partial charge in [0.05, 0.1) is 24.0 Å². The van der Waals surface area contributed by atoms with Gasteiger partial charge in [0.15, 0.2) is 0 Å². The molecular formula is C16H22N2O2. The molecule has 1 aromatic heterocycles. The highest BCUT2D eigenvalue weighted by molar-refractivity contribution is 5.81. The van der Waals surface area contributed by atoms with E-state index in [2.05, 4.69) is 37.9 Å². The van der Waals surface area contributed by atoms with Crippen LogP contribution in [0, 0.1) is 13.8 Å². The van der Waals surface area contributed by atoms with Crippen LogP contribution in [-0.4, -0.2) is 22.1 Å². The van der Waals surface area contributed by atoms with E-state index in [1.54, 1.807) is 6.33 Å². The molecule has 1 heterocycles. The third kappa shape index (κ3) is 2.69. The molecule has 20 heavy (non-hydrogen) atoms. The molecule has 2 rings (SSSR count). The Hall–Kier alpha value is -1.84. The van der Waals surface area contributed by atoms with E-state index < -0.39 is 0 Å². The maximum absolute atomic E-state index is 12.2. The smallest absolute Gasteiger partial charge is 0.329 e. The Balaban J connectivity index is 2.48. The predicted molar refractivity (Wildman–Crippen MR) is 79.8 cm³/mol. The van der Waals surface area contributed by atoms with Gasteiger partial charge < -0.3 is 9.30 Å². The summed E-state index contributed by atoms with van der Waals surface area (Å²) in [6, 6.07) is 3.88. The lowest BCUT2D eigenvalue weighted by Crippen LogP contribution is -2.21. The number of carbonyl (C=O) groups is 1. The first-order valence-corrected chi connectivity index (χ1v) is 7.18. The number of imidazole rings is 1. The Morgan fingerprint density at radius 1 is 1.30 bits per heavy atom. The monoisotopic (exact) mass is 274 g/mol. The highest BCUT2D eigenvalue weighted by atomic mass is 16.5. The van der Waals surface area contributed by atoms with Crippen molar-refractivity contribution in [1.82, 2.24) is 9.55 Å². The van der Waals surface area contributed by atoms with Gasteiger partial charge in [0.2, 0.25) is 0 Å². The van der Waals surface area contributed by atoms with Crippen molar-refractivity contribution in [3.05, 3.63) is 29.6 Å². The van der Waals surface area contributed by atoms with E-state index in [-0.39, 0.29) is 12.0 Å². The Morgan fingerprint density at radius 3 is 2.65 bits per heavy atom. The zero-order chi connectivity index (χ0) is 14.7. The van der Waals surface area contributed by atoms with Gasteiger partial charge in [0, 0.05) is 0 Å². The molecule has 4 heteroatoms. The van der Waals surface area contributed by atoms with Crippen LogP contribution in [0.4, 0.5) is 0 Å². The van der Waals surface area contributed by atoms with Gasteiger partial charge >= 0.3 is 5.97 Å². The fourth-order valence-corrected chi connectivity index (χ4v) is 2.41. The molecule has 1 aromatic carbocycles. The van der Waals surface area contributed by atoms with Crippen molar-refractivity contribution in [2.24, 2.45) is 0 Å². The molecule has 0 N–H and O–H groups in total. The topological polar surface area (TPSA) is 44.1 Å². The molecule has 0 aliphatic heterocycles. The van der Waals surface area contributed by atoms with Gasteiger partial charge in [-0.05, 0) is 50.5 Å². The van der Waals surface area contributed by atoms with Gasteiger partial charge in [-0.15, -0.1) is 0 Å². The average molecular weight is 274 g/mol. The number of ether oxygens (including phenoxy) is 1. The maximum Gasteiger partial charge on any atom is 0.329 e. The van der Waals surface area contributed by atoms with Crippen molar-refractivity contribution in [3.8, 4) is 0 Å². The fourth-order valence-electron chi connectivity index (χ4n) is 2.41. The first kappa shape index (κ1) is 14.6. The van der Waals surface area contributed by atoms with E-state index in [1.165, 1.54) is 11.1 Å². The van der Waals surface area contributed by atoms with Crippen LogP contribution in [0.3, 0.4) is 0 Å². The average Bonchev–Trinajstić information content (AvgIpc) is 2.79. The Bertz CT molecular complexity index is 616. The summed E-state index contributed by atoms with van der Waals surface area (Å²) in [5.74, 6) is -0.174. The second-order valence-electron chi connectivity index (χ2n) is 5.13. The zero-order valence-electron chi connectivity index (χ0n) is 12.6. The van der Waals surface area contributed by atoms with Crippen LogP contribution < -0.4 is 0 Å². The Labute approximate surface area is 119 Å². The van der Waals surface area contributed by atoms with E-state index in [0.29, 0.717) is 6.61 Å². The largest absolute Gasteiger partial charge is 0.464 e. The minimum atomic E-state index is -0.285. The fraction of sp³-hybridized carbons (Fsp3) is 0.500. The van der Waals surface area contributed by atoms with Gasteiger partial charge in [-0.3, -0.25) is 0 Å². The summed E-state index contributed by atoms with van der Waals surface area (Å²) in [5, 5.41) is 0. The van der Waals surface area contributed by atoms with Crippen LogP contribution in [0.1, 0.15) is 43.9 Å². The van der Waals surface area contributed by atoms with Crippen molar-refractivity contribution in [1.29, 1.82) is 0 Å². The van der Waals surface area contributed by atoms with Crippen molar-refractivity contribution in [3.63, 3.8) is 0 Å². The molecule has 4 nitrogen and oxygen atoms in total. The number of fused-ring (bicyclic) bond motifs is 1. The molecule has 1 unspecified atom stereocenters. The number of hydrogen-bond donors (Lipinski definition) is 0. The van der Waals surface area contributed by atoms with Gasteiger partial charge in [0.25, 0.3) is 0 Å². The molecule has 0 aliphatic carbocycles. The molecule has 0 aliphatic rings. The predicted octanol–water partition coefficient (Wildman–Crippen LogP) is 3.56. The summed E-state index contributed by atoms with van der Waals surface area (Å²) >= 11 is 0. The second kappa shape index (κ2) is 6.07. The minimum Gasteiger partial charge on any atom is -0.464 e. The summed E-state index contributed by atoms with van der Waals surface area (Å²) < 4.78 is 7.14. The number of aryl methyl sites for hydroxylation is 2. The summed E-state index contributed by atoms with van der Waals surface area (Å²) in [4.78, 5) is 16.6. The van der Waals surface area contributed by atoms with Gasteiger partial charge in [0.1, 0.15) is 6.04 Å². The zero-order valence-corrected chi connectivity index (χ0v) is 12.6. The van der Waals surface area contributed by atoms with Crippen LogP contribution in [0.2, 0.25) is 0 Å². The number of benzene rings is 1. The third-order valence-electron chi connectivity index (χ3n) is 3.65. The first-order chi connectivity index (χ1) is 9.58. The van der Waals surface area contributed by atoms with Gasteiger partial charge in [-0.1, -0.05) is 13.3 Å². The van der Waals surface area contributed by atoms with Crippen LogP contribution in [0.25, 0.3) is 11.0 Å². The van der Waals surface area contributed by atoms with E-state index in [0.717, 1.165) is 23.9 Å². The lowest BCUT2D eigenvalue weighted by Gasteiger charge is -2.17. The normalized spacial score (nSPS) is 12.6. The number of nitrogens with zero attached hydrogens (tertiary/aromatic N) is 2. The summed E-state index contributed by atoms with van der Waals surface area (Å²) in [7, 11) is 0. The number of rotatable bonds is 5. The highest BCUT2D eigenvalue weighted by Crippen LogP contribution is 2.24. The van der Waals surface area contributed by atoms with Gasteiger partial charge in [-0.25, -0.2) is 9.78 Å². The van der Waals surface area contributed by atoms with E-state index >= 15 is 0 Å². The highest BCUT2D eigenvalue weighted by Gasteiger charge is 2.22.